The first-order chi connectivity index (χ1) is 25.8. The van der Waals surface area contributed by atoms with Crippen LogP contribution in [0.25, 0.3) is 0 Å². The molecule has 0 aliphatic rings. The van der Waals surface area contributed by atoms with Crippen molar-refractivity contribution in [3.63, 3.8) is 0 Å². The van der Waals surface area contributed by atoms with Gasteiger partial charge in [0.05, 0.1) is 6.61 Å². The summed E-state index contributed by atoms with van der Waals surface area (Å²) in [5.74, 6) is -74.0. The van der Waals surface area contributed by atoms with Crippen LogP contribution < -0.4 is 0 Å². The van der Waals surface area contributed by atoms with Gasteiger partial charge in [-0.15, -0.1) is 0 Å². The summed E-state index contributed by atoms with van der Waals surface area (Å²) >= 11 is 0. The highest BCUT2D eigenvalue weighted by Crippen LogP contribution is 2.65. The SMILES string of the molecule is C[Si](C)(C)O[Si](CCCOC(=O)/C=C/C(=O)OC(F)(F)C(F)(F)C(F)(F)C(F)(F)C(F)(F)C(F)(F)C(F)(F)C(F)(F)C(F)(F)CCC(F)(F)F)(O[Si](C)(C)C)O[Si](C)(C)C. The topological polar surface area (TPSA) is 80.3 Å². The molecule has 0 bridgehead atoms. The van der Waals surface area contributed by atoms with Crippen LogP contribution in [0.2, 0.25) is 65.0 Å². The van der Waals surface area contributed by atoms with Crippen molar-refractivity contribution >= 4 is 45.7 Å². The molecule has 60 heavy (non-hydrogen) atoms. The van der Waals surface area contributed by atoms with Crippen LogP contribution in [0.4, 0.5) is 92.2 Å². The van der Waals surface area contributed by atoms with Crippen LogP contribution in [0.3, 0.4) is 0 Å². The van der Waals surface area contributed by atoms with E-state index in [2.05, 4.69) is 9.47 Å². The average Bonchev–Trinajstić information content (AvgIpc) is 2.97. The van der Waals surface area contributed by atoms with Gasteiger partial charge < -0.3 is 21.8 Å². The van der Waals surface area contributed by atoms with Gasteiger partial charge in [-0.05, 0) is 65.3 Å². The summed E-state index contributed by atoms with van der Waals surface area (Å²) < 4.78 is 314. The Balaban J connectivity index is 6.31. The zero-order chi connectivity index (χ0) is 48.6. The molecule has 0 amide bonds. The van der Waals surface area contributed by atoms with E-state index in [-0.39, 0.29) is 18.5 Å². The lowest BCUT2D eigenvalue weighted by Gasteiger charge is -2.44. The third-order valence-corrected chi connectivity index (χ3v) is 18.8. The summed E-state index contributed by atoms with van der Waals surface area (Å²) in [6, 6.07) is 0.00445. The van der Waals surface area contributed by atoms with Crippen molar-refractivity contribution in [1.82, 2.24) is 0 Å². The fourth-order valence-corrected chi connectivity index (χ4v) is 19.0. The summed E-state index contributed by atoms with van der Waals surface area (Å²) in [6.45, 7) is 15.7. The number of esters is 2. The van der Waals surface area contributed by atoms with Crippen molar-refractivity contribution in [2.24, 2.45) is 0 Å². The smallest absolute Gasteiger partial charge is 0.463 e. The minimum atomic E-state index is -9.20. The number of hydrogen-bond donors (Lipinski definition) is 0. The molecule has 0 rings (SSSR count). The van der Waals surface area contributed by atoms with Gasteiger partial charge in [0.2, 0.25) is 0 Å². The lowest BCUT2D eigenvalue weighted by Crippen LogP contribution is -2.76. The van der Waals surface area contributed by atoms with E-state index in [0.29, 0.717) is 0 Å². The van der Waals surface area contributed by atoms with E-state index >= 15 is 0 Å². The molecule has 0 saturated heterocycles. The van der Waals surface area contributed by atoms with Crippen LogP contribution in [-0.2, 0) is 31.4 Å². The zero-order valence-corrected chi connectivity index (χ0v) is 36.5. The third kappa shape index (κ3) is 13.2. The summed E-state index contributed by atoms with van der Waals surface area (Å²) in [4.78, 5) is 23.7. The van der Waals surface area contributed by atoms with Crippen molar-refractivity contribution < 1.29 is 124 Å². The van der Waals surface area contributed by atoms with Crippen molar-refractivity contribution in [2.45, 2.75) is 144 Å². The highest BCUT2D eigenvalue weighted by atomic mass is 28.5. The highest BCUT2D eigenvalue weighted by molar-refractivity contribution is 6.90. The lowest BCUT2D eigenvalue weighted by molar-refractivity contribution is -0.474. The summed E-state index contributed by atoms with van der Waals surface area (Å²) in [7, 11) is -10.7. The Hall–Kier alpha value is -2.04. The number of rotatable bonds is 23. The molecule has 0 aliphatic heterocycles. The number of hydrogen-bond acceptors (Lipinski definition) is 7. The Morgan fingerprint density at radius 1 is 0.450 bits per heavy atom. The molecule has 0 aromatic carbocycles. The van der Waals surface area contributed by atoms with Crippen molar-refractivity contribution in [3.05, 3.63) is 12.2 Å². The first kappa shape index (κ1) is 58.0. The molecule has 0 atom stereocenters. The Kier molecular flexibility index (Phi) is 17.2. The van der Waals surface area contributed by atoms with E-state index in [1.165, 1.54) is 0 Å². The molecule has 0 spiro atoms. The maximum atomic E-state index is 14.2. The largest absolute Gasteiger partial charge is 0.473 e. The molecule has 356 valence electrons. The molecule has 0 saturated carbocycles. The van der Waals surface area contributed by atoms with E-state index in [0.717, 1.165) is 0 Å². The minimum Gasteiger partial charge on any atom is -0.463 e. The van der Waals surface area contributed by atoms with Crippen LogP contribution in [0.15, 0.2) is 12.2 Å². The molecule has 7 nitrogen and oxygen atoms in total. The Morgan fingerprint density at radius 3 is 1.10 bits per heavy atom. The predicted octanol–water partition coefficient (Wildman–Crippen LogP) is 11.5. The third-order valence-electron chi connectivity index (χ3n) is 6.75. The second-order valence-electron chi connectivity index (χ2n) is 15.7. The Morgan fingerprint density at radius 2 is 0.767 bits per heavy atom. The first-order valence-corrected chi connectivity index (χ1v) is 28.6. The van der Waals surface area contributed by atoms with E-state index in [4.69, 9.17) is 12.3 Å². The van der Waals surface area contributed by atoms with Crippen LogP contribution in [0.5, 0.6) is 0 Å². The first-order valence-electron chi connectivity index (χ1n) is 16.5. The normalized spacial score (nSPS) is 15.8. The van der Waals surface area contributed by atoms with Gasteiger partial charge in [0.1, 0.15) is 0 Å². The maximum absolute atomic E-state index is 14.2. The molecular weight excluding hydrogens is 960 g/mol. The number of alkyl halides is 21. The van der Waals surface area contributed by atoms with Gasteiger partial charge in [-0.3, -0.25) is 0 Å². The average molecular weight is 999 g/mol. The van der Waals surface area contributed by atoms with Gasteiger partial charge in [-0.2, -0.15) is 92.2 Å². The van der Waals surface area contributed by atoms with Crippen LogP contribution >= 0.6 is 0 Å². The molecule has 0 aromatic heterocycles. The molecule has 0 heterocycles. The molecule has 32 heteroatoms. The molecule has 0 unspecified atom stereocenters. The van der Waals surface area contributed by atoms with Crippen molar-refractivity contribution in [1.29, 1.82) is 0 Å². The molecule has 0 radical (unpaired) electrons. The lowest BCUT2D eigenvalue weighted by atomic mass is 9.86. The predicted molar refractivity (Wildman–Crippen MR) is 174 cm³/mol. The Bertz CT molecular complexity index is 1480. The van der Waals surface area contributed by atoms with E-state index in [1.807, 2.05) is 58.9 Å². The van der Waals surface area contributed by atoms with E-state index in [9.17, 15) is 102 Å². The molecule has 0 aliphatic carbocycles. The maximum Gasteiger partial charge on any atom is 0.473 e. The number of carbonyl (C=O) groups excluding carboxylic acids is 2. The van der Waals surface area contributed by atoms with E-state index < -0.39 is 131 Å². The van der Waals surface area contributed by atoms with Crippen molar-refractivity contribution in [3.8, 4) is 0 Å². The standard InChI is InChI=1S/C28H39F21O7Si4/c1-57(2,3)54-60(55-58(4,5)6,56-59(7,8)9)16-10-15-52-17(50)11-12-18(51)53-28(48,49)27(46,47)26(44,45)25(42,43)24(40,41)23(38,39)22(36,37)21(34,35)19(29,30)13-14-20(31,32)33/h11-12H,10,13-16H2,1-9H3/b12-11+. The van der Waals surface area contributed by atoms with Gasteiger partial charge in [-0.25, -0.2) is 9.59 Å². The van der Waals surface area contributed by atoms with Crippen LogP contribution in [0, 0.1) is 0 Å². The van der Waals surface area contributed by atoms with Crippen molar-refractivity contribution in [2.75, 3.05) is 6.61 Å². The zero-order valence-electron chi connectivity index (χ0n) is 32.5. The second-order valence-corrected chi connectivity index (χ2v) is 32.7. The van der Waals surface area contributed by atoms with Crippen LogP contribution in [0.1, 0.15) is 19.3 Å². The number of ether oxygens (including phenoxy) is 2. The van der Waals surface area contributed by atoms with Gasteiger partial charge in [0.25, 0.3) is 0 Å². The number of halogens is 21. The highest BCUT2D eigenvalue weighted by Gasteiger charge is 2.97. The fourth-order valence-electron chi connectivity index (χ4n) is 4.34. The second kappa shape index (κ2) is 17.8. The molecule has 0 aromatic rings. The summed E-state index contributed by atoms with van der Waals surface area (Å²) in [6.07, 6.45) is -21.5. The molecule has 0 fully saturated rings. The van der Waals surface area contributed by atoms with Gasteiger partial charge in [0.15, 0.2) is 25.0 Å². The van der Waals surface area contributed by atoms with Gasteiger partial charge >= 0.3 is 80.4 Å². The van der Waals surface area contributed by atoms with Crippen LogP contribution in [-0.4, -0.2) is 112 Å². The minimum absolute atomic E-state index is 0.00445. The van der Waals surface area contributed by atoms with Gasteiger partial charge in [0, 0.05) is 31.0 Å². The van der Waals surface area contributed by atoms with Gasteiger partial charge in [-0.1, -0.05) is 0 Å². The fraction of sp³-hybridized carbons (Fsp3) is 0.857. The number of carbonyl (C=O) groups is 2. The summed E-state index contributed by atoms with van der Waals surface area (Å²) in [5.41, 5.74) is 0. The van der Waals surface area contributed by atoms with E-state index in [1.54, 1.807) is 0 Å². The Labute approximate surface area is 332 Å². The monoisotopic (exact) mass is 998 g/mol. The molecule has 0 N–H and O–H groups in total. The molecular formula is C28H39F21O7Si4. The quantitative estimate of drug-likeness (QED) is 0.0332. The summed E-state index contributed by atoms with van der Waals surface area (Å²) in [5, 5.41) is 0.